The molecule has 0 atom stereocenters. The van der Waals surface area contributed by atoms with Crippen molar-refractivity contribution in [2.24, 2.45) is 11.7 Å². The van der Waals surface area contributed by atoms with Gasteiger partial charge in [0.25, 0.3) is 0 Å². The Hall–Kier alpha value is -3.08. The number of fused-ring (bicyclic) bond motifs is 1. The van der Waals surface area contributed by atoms with Crippen LogP contribution in [0.5, 0.6) is 0 Å². The summed E-state index contributed by atoms with van der Waals surface area (Å²) in [5, 5.41) is 7.50. The van der Waals surface area contributed by atoms with Crippen molar-refractivity contribution in [3.05, 3.63) is 71.4 Å². The third kappa shape index (κ3) is 4.40. The van der Waals surface area contributed by atoms with E-state index in [1.54, 1.807) is 0 Å². The minimum atomic E-state index is 0.244. The van der Waals surface area contributed by atoms with Gasteiger partial charge in [-0.25, -0.2) is 0 Å². The predicted octanol–water partition coefficient (Wildman–Crippen LogP) is 3.48. The van der Waals surface area contributed by atoms with E-state index in [1.165, 1.54) is 23.7 Å². The lowest BCUT2D eigenvalue weighted by Crippen LogP contribution is -2.42. The summed E-state index contributed by atoms with van der Waals surface area (Å²) in [5.41, 5.74) is 11.1. The van der Waals surface area contributed by atoms with Crippen LogP contribution in [0.2, 0.25) is 0 Å². The Labute approximate surface area is 178 Å². The monoisotopic (exact) mass is 402 g/mol. The van der Waals surface area contributed by atoms with E-state index in [0.29, 0.717) is 12.3 Å². The van der Waals surface area contributed by atoms with Crippen molar-refractivity contribution in [1.82, 2.24) is 4.90 Å². The number of benzene rings is 2. The molecule has 0 radical (unpaired) electrons. The molecular weight excluding hydrogens is 372 g/mol. The van der Waals surface area contributed by atoms with Gasteiger partial charge in [0.15, 0.2) is 0 Å². The molecule has 0 saturated carbocycles. The Morgan fingerprint density at radius 3 is 2.57 bits per heavy atom. The Bertz CT molecular complexity index is 929. The van der Waals surface area contributed by atoms with Crippen LogP contribution in [0.25, 0.3) is 5.57 Å². The Morgan fingerprint density at radius 2 is 1.87 bits per heavy atom. The summed E-state index contributed by atoms with van der Waals surface area (Å²) in [6, 6.07) is 16.4. The van der Waals surface area contributed by atoms with Crippen LogP contribution in [0.4, 0.5) is 5.69 Å². The van der Waals surface area contributed by atoms with Gasteiger partial charge in [-0.15, -0.1) is 0 Å². The van der Waals surface area contributed by atoms with Crippen molar-refractivity contribution in [1.29, 1.82) is 5.41 Å². The normalized spacial score (nSPS) is 17.1. The molecule has 156 valence electrons. The van der Waals surface area contributed by atoms with E-state index >= 15 is 0 Å². The van der Waals surface area contributed by atoms with Gasteiger partial charge in [-0.2, -0.15) is 0 Å². The molecule has 2 aliphatic rings. The summed E-state index contributed by atoms with van der Waals surface area (Å²) in [6.07, 6.45) is 6.47. The average Bonchev–Trinajstić information content (AvgIpc) is 3.18. The lowest BCUT2D eigenvalue weighted by molar-refractivity contribution is -0.131. The van der Waals surface area contributed by atoms with E-state index in [1.807, 2.05) is 35.2 Å². The third-order valence-electron chi connectivity index (χ3n) is 6.38. The number of likely N-dealkylation sites (tertiary alicyclic amines) is 1. The summed E-state index contributed by atoms with van der Waals surface area (Å²) in [5.74, 6) is 0.867. The number of nitrogens with zero attached hydrogens (tertiary/aromatic N) is 2. The van der Waals surface area contributed by atoms with Gasteiger partial charge in [0.2, 0.25) is 5.91 Å². The van der Waals surface area contributed by atoms with Gasteiger partial charge >= 0.3 is 0 Å². The summed E-state index contributed by atoms with van der Waals surface area (Å²) in [7, 11) is 0. The smallest absolute Gasteiger partial charge is 0.226 e. The van der Waals surface area contributed by atoms with Crippen molar-refractivity contribution in [3.63, 3.8) is 0 Å². The van der Waals surface area contributed by atoms with Gasteiger partial charge in [0.1, 0.15) is 0 Å². The highest BCUT2D eigenvalue weighted by atomic mass is 16.2. The molecule has 5 heteroatoms. The minimum Gasteiger partial charge on any atom is -0.404 e. The maximum atomic E-state index is 12.6. The second-order valence-electron chi connectivity index (χ2n) is 8.29. The summed E-state index contributed by atoms with van der Waals surface area (Å²) >= 11 is 0. The Kier molecular flexibility index (Phi) is 6.17. The van der Waals surface area contributed by atoms with Crippen LogP contribution >= 0.6 is 0 Å². The molecule has 0 spiro atoms. The largest absolute Gasteiger partial charge is 0.404 e. The maximum absolute atomic E-state index is 12.6. The van der Waals surface area contributed by atoms with E-state index in [4.69, 9.17) is 11.1 Å². The van der Waals surface area contributed by atoms with E-state index in [2.05, 4.69) is 23.1 Å². The van der Waals surface area contributed by atoms with Crippen molar-refractivity contribution >= 4 is 23.4 Å². The summed E-state index contributed by atoms with van der Waals surface area (Å²) in [6.45, 7) is 3.81. The van der Waals surface area contributed by atoms with Crippen LogP contribution in [-0.4, -0.2) is 43.2 Å². The lowest BCUT2D eigenvalue weighted by atomic mass is 9.95. The number of allylic oxidation sites excluding steroid dienone is 1. The number of carbonyl (C=O) groups is 1. The molecule has 0 aromatic heterocycles. The topological polar surface area (TPSA) is 73.4 Å². The van der Waals surface area contributed by atoms with Gasteiger partial charge in [0.05, 0.1) is 6.42 Å². The van der Waals surface area contributed by atoms with Crippen LogP contribution in [0.15, 0.2) is 54.7 Å². The average molecular weight is 403 g/mol. The number of rotatable bonds is 6. The zero-order chi connectivity index (χ0) is 20.9. The van der Waals surface area contributed by atoms with Crippen molar-refractivity contribution in [2.45, 2.75) is 25.7 Å². The SMILES string of the molecule is N=C/C(=C\N)c1ccc2c(c1)CCN2CC1CCN(C(=O)Cc2ccccc2)CC1. The van der Waals surface area contributed by atoms with E-state index in [0.717, 1.165) is 62.1 Å². The highest BCUT2D eigenvalue weighted by Crippen LogP contribution is 2.32. The van der Waals surface area contributed by atoms with Gasteiger partial charge < -0.3 is 20.9 Å². The molecule has 4 rings (SSSR count). The minimum absolute atomic E-state index is 0.244. The molecule has 0 unspecified atom stereocenters. The molecule has 30 heavy (non-hydrogen) atoms. The fourth-order valence-electron chi connectivity index (χ4n) is 4.63. The molecule has 2 heterocycles. The van der Waals surface area contributed by atoms with Crippen molar-refractivity contribution in [3.8, 4) is 0 Å². The first-order valence-corrected chi connectivity index (χ1v) is 10.8. The number of anilines is 1. The zero-order valence-electron chi connectivity index (χ0n) is 17.4. The molecule has 3 N–H and O–H groups in total. The van der Waals surface area contributed by atoms with Crippen molar-refractivity contribution < 1.29 is 4.79 Å². The van der Waals surface area contributed by atoms with Gasteiger partial charge in [-0.05, 0) is 54.0 Å². The molecule has 1 fully saturated rings. The number of hydrogen-bond donors (Lipinski definition) is 2. The van der Waals surface area contributed by atoms with E-state index < -0.39 is 0 Å². The summed E-state index contributed by atoms with van der Waals surface area (Å²) < 4.78 is 0. The number of amides is 1. The second kappa shape index (κ2) is 9.16. The van der Waals surface area contributed by atoms with Gasteiger partial charge in [-0.3, -0.25) is 4.79 Å². The molecule has 1 amide bonds. The zero-order valence-corrected chi connectivity index (χ0v) is 17.4. The lowest BCUT2D eigenvalue weighted by Gasteiger charge is -2.34. The molecule has 2 aromatic carbocycles. The van der Waals surface area contributed by atoms with Gasteiger partial charge in [0, 0.05) is 49.9 Å². The standard InChI is InChI=1S/C25H30N4O/c26-16-23(17-27)21-6-7-24-22(15-21)10-13-29(24)18-20-8-11-28(12-9-20)25(30)14-19-4-2-1-3-5-19/h1-7,15-17,20,26H,8-14,18,27H2/b23-17+,26-16?. The molecule has 0 bridgehead atoms. The molecule has 1 saturated heterocycles. The molecule has 5 nitrogen and oxygen atoms in total. The molecule has 0 aliphatic carbocycles. The number of hydrogen-bond acceptors (Lipinski definition) is 4. The Morgan fingerprint density at radius 1 is 1.10 bits per heavy atom. The van der Waals surface area contributed by atoms with E-state index in [-0.39, 0.29) is 5.91 Å². The first-order chi connectivity index (χ1) is 14.7. The Balaban J connectivity index is 1.31. The van der Waals surface area contributed by atoms with Crippen molar-refractivity contribution in [2.75, 3.05) is 31.1 Å². The molecular formula is C25H30N4O. The second-order valence-corrected chi connectivity index (χ2v) is 8.29. The third-order valence-corrected chi connectivity index (χ3v) is 6.38. The van der Waals surface area contributed by atoms with Gasteiger partial charge in [-0.1, -0.05) is 36.4 Å². The first-order valence-electron chi connectivity index (χ1n) is 10.8. The molecule has 2 aromatic rings. The quantitative estimate of drug-likeness (QED) is 0.727. The number of piperidine rings is 1. The highest BCUT2D eigenvalue weighted by Gasteiger charge is 2.27. The van der Waals surface area contributed by atoms with Crippen LogP contribution in [0.1, 0.15) is 29.5 Å². The number of carbonyl (C=O) groups excluding carboxylic acids is 1. The van der Waals surface area contributed by atoms with Crippen LogP contribution in [-0.2, 0) is 17.6 Å². The first kappa shape index (κ1) is 20.2. The maximum Gasteiger partial charge on any atom is 0.226 e. The molecule has 2 aliphatic heterocycles. The fourth-order valence-corrected chi connectivity index (χ4v) is 4.63. The highest BCUT2D eigenvalue weighted by molar-refractivity contribution is 6.08. The number of nitrogens with two attached hydrogens (primary N) is 1. The van der Waals surface area contributed by atoms with Crippen LogP contribution < -0.4 is 10.6 Å². The fraction of sp³-hybridized carbons (Fsp3) is 0.360. The summed E-state index contributed by atoms with van der Waals surface area (Å²) in [4.78, 5) is 17.1. The predicted molar refractivity (Wildman–Crippen MR) is 123 cm³/mol. The number of nitrogens with one attached hydrogen (secondary N) is 1. The van der Waals surface area contributed by atoms with Crippen LogP contribution in [0.3, 0.4) is 0 Å². The van der Waals surface area contributed by atoms with Crippen LogP contribution in [0, 0.1) is 11.3 Å². The van der Waals surface area contributed by atoms with E-state index in [9.17, 15) is 4.79 Å².